The van der Waals surface area contributed by atoms with Gasteiger partial charge in [0, 0.05) is 0 Å². The zero-order chi connectivity index (χ0) is 11.9. The van der Waals surface area contributed by atoms with E-state index >= 15 is 0 Å². The molecule has 15 heavy (non-hydrogen) atoms. The molecule has 0 aliphatic rings. The average Bonchev–Trinajstić information content (AvgIpc) is 2.50. The van der Waals surface area contributed by atoms with Gasteiger partial charge in [0.05, 0.1) is 6.20 Å². The molecule has 1 unspecified atom stereocenters. The van der Waals surface area contributed by atoms with Crippen molar-refractivity contribution < 1.29 is 13.5 Å². The van der Waals surface area contributed by atoms with Crippen molar-refractivity contribution in [2.24, 2.45) is 11.1 Å². The zero-order valence-electron chi connectivity index (χ0n) is 8.76. The van der Waals surface area contributed by atoms with Gasteiger partial charge in [-0.15, -0.1) is 11.3 Å². The first-order chi connectivity index (χ1) is 6.65. The van der Waals surface area contributed by atoms with E-state index in [0.717, 1.165) is 11.3 Å². The summed E-state index contributed by atoms with van der Waals surface area (Å²) < 4.78 is 22.0. The highest BCUT2D eigenvalue weighted by molar-refractivity contribution is 7.91. The van der Waals surface area contributed by atoms with Gasteiger partial charge in [-0.3, -0.25) is 0 Å². The van der Waals surface area contributed by atoms with Gasteiger partial charge in [-0.25, -0.2) is 18.5 Å². The molecule has 3 N–H and O–H groups in total. The number of sulfonamides is 1. The predicted octanol–water partition coefficient (Wildman–Crippen LogP) is 0.654. The number of hydrogen-bond donors (Lipinski definition) is 2. The van der Waals surface area contributed by atoms with Crippen LogP contribution in [0.4, 0.5) is 0 Å². The second kappa shape index (κ2) is 3.82. The standard InChI is InChI=1S/C8H14N2O3S2/c1-5(2)8(3,11)7-10-4-6(14-7)15(9,12)13/h4-5,11H,1-3H3,(H2,9,12,13). The fourth-order valence-corrected chi connectivity index (χ4v) is 2.62. The summed E-state index contributed by atoms with van der Waals surface area (Å²) in [7, 11) is -3.72. The van der Waals surface area contributed by atoms with Crippen LogP contribution in [0, 0.1) is 5.92 Å². The third-order valence-electron chi connectivity index (χ3n) is 2.32. The van der Waals surface area contributed by atoms with E-state index in [4.69, 9.17) is 5.14 Å². The highest BCUT2D eigenvalue weighted by Gasteiger charge is 2.31. The fourth-order valence-electron chi connectivity index (χ4n) is 0.872. The average molecular weight is 250 g/mol. The Hall–Kier alpha value is -0.500. The first-order valence-corrected chi connectivity index (χ1v) is 6.73. The number of aliphatic hydroxyl groups is 1. The highest BCUT2D eigenvalue weighted by Crippen LogP contribution is 2.32. The zero-order valence-corrected chi connectivity index (χ0v) is 10.4. The minimum Gasteiger partial charge on any atom is -0.383 e. The monoisotopic (exact) mass is 250 g/mol. The van der Waals surface area contributed by atoms with Gasteiger partial charge >= 0.3 is 0 Å². The van der Waals surface area contributed by atoms with E-state index in [1.807, 2.05) is 13.8 Å². The van der Waals surface area contributed by atoms with E-state index in [9.17, 15) is 13.5 Å². The van der Waals surface area contributed by atoms with E-state index in [-0.39, 0.29) is 10.1 Å². The van der Waals surface area contributed by atoms with Gasteiger partial charge in [-0.1, -0.05) is 13.8 Å². The van der Waals surface area contributed by atoms with Crippen molar-refractivity contribution >= 4 is 21.4 Å². The van der Waals surface area contributed by atoms with Gasteiger partial charge in [-0.05, 0) is 12.8 Å². The lowest BCUT2D eigenvalue weighted by Crippen LogP contribution is -2.27. The van der Waals surface area contributed by atoms with Gasteiger partial charge in [0.1, 0.15) is 10.6 Å². The molecule has 86 valence electrons. The van der Waals surface area contributed by atoms with E-state index in [0.29, 0.717) is 5.01 Å². The Labute approximate surface area is 93.0 Å². The summed E-state index contributed by atoms with van der Waals surface area (Å²) in [4.78, 5) is 3.88. The van der Waals surface area contributed by atoms with Gasteiger partial charge < -0.3 is 5.11 Å². The first kappa shape index (κ1) is 12.6. The number of rotatable bonds is 3. The predicted molar refractivity (Wildman–Crippen MR) is 57.9 cm³/mol. The first-order valence-electron chi connectivity index (χ1n) is 4.37. The molecule has 0 aliphatic heterocycles. The van der Waals surface area contributed by atoms with Crippen molar-refractivity contribution in [1.29, 1.82) is 0 Å². The molecule has 0 spiro atoms. The van der Waals surface area contributed by atoms with Crippen LogP contribution >= 0.6 is 11.3 Å². The Balaban J connectivity index is 3.16. The Bertz CT molecular complexity index is 448. The molecule has 0 bridgehead atoms. The molecule has 0 radical (unpaired) electrons. The Morgan fingerprint density at radius 3 is 2.47 bits per heavy atom. The Morgan fingerprint density at radius 2 is 2.13 bits per heavy atom. The van der Waals surface area contributed by atoms with Crippen LogP contribution in [0.1, 0.15) is 25.8 Å². The summed E-state index contributed by atoms with van der Waals surface area (Å²) in [5.41, 5.74) is -1.13. The largest absolute Gasteiger partial charge is 0.383 e. The maximum atomic E-state index is 11.0. The molecule has 1 heterocycles. The molecule has 0 amide bonds. The number of hydrogen-bond acceptors (Lipinski definition) is 5. The fraction of sp³-hybridized carbons (Fsp3) is 0.625. The third-order valence-corrected chi connectivity index (χ3v) is 4.95. The topological polar surface area (TPSA) is 93.3 Å². The van der Waals surface area contributed by atoms with E-state index in [1.165, 1.54) is 6.20 Å². The van der Waals surface area contributed by atoms with E-state index < -0.39 is 15.6 Å². The van der Waals surface area contributed by atoms with Crippen LogP contribution in [-0.2, 0) is 15.6 Å². The molecule has 1 aromatic rings. The smallest absolute Gasteiger partial charge is 0.249 e. The maximum absolute atomic E-state index is 11.0. The molecule has 7 heteroatoms. The van der Waals surface area contributed by atoms with E-state index in [2.05, 4.69) is 4.98 Å². The summed E-state index contributed by atoms with van der Waals surface area (Å²) in [6, 6.07) is 0. The Kier molecular flexibility index (Phi) is 3.20. The maximum Gasteiger partial charge on any atom is 0.249 e. The van der Waals surface area contributed by atoms with Crippen molar-refractivity contribution in [2.75, 3.05) is 0 Å². The van der Waals surface area contributed by atoms with Crippen LogP contribution in [0.15, 0.2) is 10.4 Å². The molecular weight excluding hydrogens is 236 g/mol. The van der Waals surface area contributed by atoms with Gasteiger partial charge in [0.2, 0.25) is 10.0 Å². The molecule has 0 saturated heterocycles. The van der Waals surface area contributed by atoms with Crippen molar-refractivity contribution in [3.05, 3.63) is 11.2 Å². The molecule has 1 atom stereocenters. The molecule has 1 rings (SSSR count). The quantitative estimate of drug-likeness (QED) is 0.823. The van der Waals surface area contributed by atoms with Gasteiger partial charge in [-0.2, -0.15) is 0 Å². The van der Waals surface area contributed by atoms with Crippen LogP contribution in [0.2, 0.25) is 0 Å². The summed E-state index contributed by atoms with van der Waals surface area (Å²) in [6.45, 7) is 5.26. The molecule has 1 aromatic heterocycles. The molecule has 0 aromatic carbocycles. The third kappa shape index (κ3) is 2.54. The van der Waals surface area contributed by atoms with Crippen LogP contribution in [0.25, 0.3) is 0 Å². The summed E-state index contributed by atoms with van der Waals surface area (Å²) in [6.07, 6.45) is 1.17. The van der Waals surface area contributed by atoms with Crippen LogP contribution in [0.5, 0.6) is 0 Å². The lowest BCUT2D eigenvalue weighted by atomic mass is 9.93. The summed E-state index contributed by atoms with van der Waals surface area (Å²) in [5, 5.41) is 15.4. The van der Waals surface area contributed by atoms with Crippen molar-refractivity contribution in [1.82, 2.24) is 4.98 Å². The molecular formula is C8H14N2O3S2. The van der Waals surface area contributed by atoms with Gasteiger partial charge in [0.15, 0.2) is 4.21 Å². The lowest BCUT2D eigenvalue weighted by molar-refractivity contribution is 0.00885. The summed E-state index contributed by atoms with van der Waals surface area (Å²) in [5.74, 6) is -0.0584. The SMILES string of the molecule is CC(C)C(C)(O)c1ncc(S(N)(=O)=O)s1. The molecule has 0 aliphatic carbocycles. The lowest BCUT2D eigenvalue weighted by Gasteiger charge is -2.24. The molecule has 5 nitrogen and oxygen atoms in total. The minimum absolute atomic E-state index is 0.0292. The summed E-state index contributed by atoms with van der Waals surface area (Å²) >= 11 is 0.901. The van der Waals surface area contributed by atoms with Crippen molar-refractivity contribution in [3.63, 3.8) is 0 Å². The molecule has 0 fully saturated rings. The van der Waals surface area contributed by atoms with Crippen LogP contribution in [-0.4, -0.2) is 18.5 Å². The number of nitrogens with two attached hydrogens (primary N) is 1. The number of thiazole rings is 1. The number of nitrogens with zero attached hydrogens (tertiary/aromatic N) is 1. The number of primary sulfonamides is 1. The minimum atomic E-state index is -3.72. The van der Waals surface area contributed by atoms with Crippen molar-refractivity contribution in [2.45, 2.75) is 30.6 Å². The Morgan fingerprint density at radius 1 is 1.60 bits per heavy atom. The van der Waals surface area contributed by atoms with Crippen molar-refractivity contribution in [3.8, 4) is 0 Å². The number of aromatic nitrogens is 1. The van der Waals surface area contributed by atoms with Crippen LogP contribution in [0.3, 0.4) is 0 Å². The molecule has 0 saturated carbocycles. The highest BCUT2D eigenvalue weighted by atomic mass is 32.2. The van der Waals surface area contributed by atoms with Gasteiger partial charge in [0.25, 0.3) is 0 Å². The second-order valence-corrected chi connectivity index (χ2v) is 6.65. The normalized spacial score (nSPS) is 16.7. The van der Waals surface area contributed by atoms with E-state index in [1.54, 1.807) is 6.92 Å². The van der Waals surface area contributed by atoms with Crippen LogP contribution < -0.4 is 5.14 Å². The second-order valence-electron chi connectivity index (χ2n) is 3.83.